The minimum atomic E-state index is 0.325. The Hall–Kier alpha value is -0.840. The van der Waals surface area contributed by atoms with E-state index in [1.807, 2.05) is 24.5 Å². The molecule has 0 amide bonds. The lowest BCUT2D eigenvalue weighted by atomic mass is 10.2. The van der Waals surface area contributed by atoms with E-state index in [2.05, 4.69) is 11.4 Å². The van der Waals surface area contributed by atoms with Gasteiger partial charge in [-0.2, -0.15) is 0 Å². The number of hydrogen-bond donors (Lipinski definition) is 1. The molecule has 0 fully saturated rings. The Labute approximate surface area is 115 Å². The minimum absolute atomic E-state index is 0.325. The van der Waals surface area contributed by atoms with Crippen molar-refractivity contribution in [2.75, 3.05) is 5.32 Å². The Morgan fingerprint density at radius 2 is 2.35 bits per heavy atom. The molecule has 2 rings (SSSR count). The van der Waals surface area contributed by atoms with Gasteiger partial charge >= 0.3 is 0 Å². The molecular weight excluding hydrogens is 274 g/mol. The van der Waals surface area contributed by atoms with Crippen molar-refractivity contribution in [3.63, 3.8) is 0 Å². The topological polar surface area (TPSA) is 21.3 Å². The van der Waals surface area contributed by atoms with E-state index < -0.39 is 0 Å². The zero-order valence-corrected chi connectivity index (χ0v) is 11.7. The van der Waals surface area contributed by atoms with Crippen LogP contribution in [-0.4, -0.2) is 5.17 Å². The predicted molar refractivity (Wildman–Crippen MR) is 77.8 cm³/mol. The van der Waals surface area contributed by atoms with Gasteiger partial charge in [0.25, 0.3) is 5.17 Å². The first-order valence-corrected chi connectivity index (χ1v) is 6.92. The van der Waals surface area contributed by atoms with Gasteiger partial charge in [0.1, 0.15) is 10.1 Å². The number of thiocarbonyl (C=S) groups is 1. The Bertz CT molecular complexity index is 471. The molecule has 1 aliphatic rings. The molecule has 0 saturated carbocycles. The van der Waals surface area contributed by atoms with Gasteiger partial charge in [0.15, 0.2) is 0 Å². The van der Waals surface area contributed by atoms with E-state index in [9.17, 15) is 0 Å². The monoisotopic (exact) mass is 285 g/mol. The van der Waals surface area contributed by atoms with Gasteiger partial charge < -0.3 is 10.1 Å². The fourth-order valence-electron chi connectivity index (χ4n) is 1.46. The van der Waals surface area contributed by atoms with E-state index >= 15 is 0 Å². The van der Waals surface area contributed by atoms with Crippen LogP contribution in [-0.2, 0) is 4.74 Å². The van der Waals surface area contributed by atoms with Gasteiger partial charge in [-0.25, -0.2) is 0 Å². The van der Waals surface area contributed by atoms with Gasteiger partial charge in [0.05, 0.1) is 5.69 Å². The molecule has 1 aliphatic carbocycles. The van der Waals surface area contributed by atoms with E-state index in [1.54, 1.807) is 0 Å². The van der Waals surface area contributed by atoms with Gasteiger partial charge in [-0.1, -0.05) is 17.7 Å². The van der Waals surface area contributed by atoms with Crippen molar-refractivity contribution in [2.24, 2.45) is 0 Å². The van der Waals surface area contributed by atoms with Crippen LogP contribution < -0.4 is 5.32 Å². The summed E-state index contributed by atoms with van der Waals surface area (Å²) in [6.45, 7) is 1.98. The fraction of sp³-hybridized carbons (Fsp3) is 0.250. The molecular formula is C12H12ClNOS2. The van der Waals surface area contributed by atoms with Gasteiger partial charge in [-0.05, 0) is 55.1 Å². The molecule has 2 nitrogen and oxygen atoms in total. The summed E-state index contributed by atoms with van der Waals surface area (Å²) in [6, 6.07) is 0. The van der Waals surface area contributed by atoms with Gasteiger partial charge in [0, 0.05) is 0 Å². The van der Waals surface area contributed by atoms with Gasteiger partial charge in [-0.3, -0.25) is 0 Å². The van der Waals surface area contributed by atoms with Crippen molar-refractivity contribution in [3.05, 3.63) is 39.3 Å². The summed E-state index contributed by atoms with van der Waals surface area (Å²) >= 11 is 12.7. The Kier molecular flexibility index (Phi) is 4.20. The first-order chi connectivity index (χ1) is 8.16. The highest BCUT2D eigenvalue weighted by Crippen LogP contribution is 2.32. The summed E-state index contributed by atoms with van der Waals surface area (Å²) in [7, 11) is 0. The van der Waals surface area contributed by atoms with Crippen molar-refractivity contribution >= 4 is 46.0 Å². The summed E-state index contributed by atoms with van der Waals surface area (Å²) in [4.78, 5) is 0. The third-order valence-corrected chi connectivity index (χ3v) is 3.85. The highest BCUT2D eigenvalue weighted by atomic mass is 35.5. The van der Waals surface area contributed by atoms with Crippen LogP contribution in [0, 0.1) is 6.92 Å². The number of aryl methyl sites for hydroxylation is 1. The Morgan fingerprint density at radius 1 is 1.53 bits per heavy atom. The van der Waals surface area contributed by atoms with Crippen LogP contribution in [0.1, 0.15) is 18.4 Å². The van der Waals surface area contributed by atoms with Crippen molar-refractivity contribution in [3.8, 4) is 0 Å². The molecule has 0 aromatic carbocycles. The number of anilines is 1. The maximum absolute atomic E-state index is 6.04. The molecule has 1 heterocycles. The first kappa shape index (κ1) is 12.6. The lowest BCUT2D eigenvalue weighted by molar-refractivity contribution is 0.439. The maximum Gasteiger partial charge on any atom is 0.266 e. The molecule has 0 aliphatic heterocycles. The number of thiophene rings is 1. The number of ether oxygens (including phenoxy) is 1. The van der Waals surface area contributed by atoms with E-state index in [4.69, 9.17) is 28.6 Å². The van der Waals surface area contributed by atoms with Crippen molar-refractivity contribution in [1.82, 2.24) is 0 Å². The molecule has 90 valence electrons. The van der Waals surface area contributed by atoms with E-state index in [0.717, 1.165) is 29.9 Å². The second kappa shape index (κ2) is 5.67. The first-order valence-electron chi connectivity index (χ1n) is 5.26. The molecule has 17 heavy (non-hydrogen) atoms. The molecule has 1 N–H and O–H groups in total. The zero-order valence-electron chi connectivity index (χ0n) is 9.33. The van der Waals surface area contributed by atoms with Crippen LogP contribution in [0.5, 0.6) is 0 Å². The molecule has 0 atom stereocenters. The zero-order chi connectivity index (χ0) is 12.3. The molecule has 0 bridgehead atoms. The standard InChI is InChI=1S/C12H12ClNOS2/c1-8-7-17-11(13)10(8)14-12(16)15-9-5-3-2-4-6-9/h3,5-7H,2,4H2,1H3,(H,14,16). The quantitative estimate of drug-likeness (QED) is 0.799. The van der Waals surface area contributed by atoms with Crippen LogP contribution in [0.25, 0.3) is 0 Å². The lowest BCUT2D eigenvalue weighted by Crippen LogP contribution is -2.13. The Balaban J connectivity index is 1.98. The normalized spacial score (nSPS) is 14.4. The second-order valence-corrected chi connectivity index (χ2v) is 5.52. The van der Waals surface area contributed by atoms with E-state index in [-0.39, 0.29) is 0 Å². The maximum atomic E-state index is 6.04. The number of rotatable bonds is 2. The van der Waals surface area contributed by atoms with Crippen molar-refractivity contribution in [1.29, 1.82) is 0 Å². The van der Waals surface area contributed by atoms with Crippen LogP contribution in [0.3, 0.4) is 0 Å². The number of halogens is 1. The minimum Gasteiger partial charge on any atom is -0.432 e. The summed E-state index contributed by atoms with van der Waals surface area (Å²) in [5.74, 6) is 0.790. The Morgan fingerprint density at radius 3 is 2.94 bits per heavy atom. The van der Waals surface area contributed by atoms with Crippen molar-refractivity contribution in [2.45, 2.75) is 19.8 Å². The molecule has 5 heteroatoms. The predicted octanol–water partition coefficient (Wildman–Crippen LogP) is 4.66. The van der Waals surface area contributed by atoms with E-state index in [0.29, 0.717) is 9.51 Å². The summed E-state index contributed by atoms with van der Waals surface area (Å²) in [5, 5.41) is 5.32. The third kappa shape index (κ3) is 3.31. The number of allylic oxidation sites excluding steroid dienone is 3. The highest BCUT2D eigenvalue weighted by Gasteiger charge is 2.10. The second-order valence-electron chi connectivity index (χ2n) is 3.67. The molecule has 1 aromatic heterocycles. The smallest absolute Gasteiger partial charge is 0.266 e. The highest BCUT2D eigenvalue weighted by molar-refractivity contribution is 7.80. The molecule has 0 spiro atoms. The molecule has 1 aromatic rings. The number of hydrogen-bond acceptors (Lipinski definition) is 3. The summed E-state index contributed by atoms with van der Waals surface area (Å²) < 4.78 is 6.21. The van der Waals surface area contributed by atoms with Crippen LogP contribution in [0.4, 0.5) is 5.69 Å². The van der Waals surface area contributed by atoms with Crippen LogP contribution in [0.2, 0.25) is 4.34 Å². The summed E-state index contributed by atoms with van der Waals surface area (Å²) in [5.41, 5.74) is 1.90. The average Bonchev–Trinajstić information content (AvgIpc) is 2.62. The SMILES string of the molecule is Cc1csc(Cl)c1NC(=S)OC1=CCCC=C1. The van der Waals surface area contributed by atoms with Crippen LogP contribution in [0.15, 0.2) is 29.4 Å². The van der Waals surface area contributed by atoms with Gasteiger partial charge in [-0.15, -0.1) is 11.3 Å². The molecule has 0 unspecified atom stereocenters. The molecule has 0 saturated heterocycles. The van der Waals surface area contributed by atoms with E-state index in [1.165, 1.54) is 11.3 Å². The largest absolute Gasteiger partial charge is 0.432 e. The third-order valence-electron chi connectivity index (χ3n) is 2.33. The summed E-state index contributed by atoms with van der Waals surface area (Å²) in [6.07, 6.45) is 8.07. The van der Waals surface area contributed by atoms with Gasteiger partial charge in [0.2, 0.25) is 0 Å². The van der Waals surface area contributed by atoms with Crippen molar-refractivity contribution < 1.29 is 4.74 Å². The molecule has 0 radical (unpaired) electrons. The fourth-order valence-corrected chi connectivity index (χ4v) is 2.72. The average molecular weight is 286 g/mol. The number of nitrogens with one attached hydrogen (secondary N) is 1. The lowest BCUT2D eigenvalue weighted by Gasteiger charge is -2.12. The van der Waals surface area contributed by atoms with Crippen LogP contribution >= 0.6 is 35.2 Å².